The largest absolute Gasteiger partial charge is 0.483 e. The number of aromatic nitrogens is 1. The minimum absolute atomic E-state index is 0.0554. The van der Waals surface area contributed by atoms with Gasteiger partial charge in [0.1, 0.15) is 5.75 Å². The van der Waals surface area contributed by atoms with Gasteiger partial charge in [0, 0.05) is 44.3 Å². The SMILES string of the molecule is O=Cc1ccccc1OCC(=O)N1CCN(c2ccncc2)CC1. The van der Waals surface area contributed by atoms with Gasteiger partial charge in [-0.15, -0.1) is 0 Å². The minimum atomic E-state index is -0.0647. The van der Waals surface area contributed by atoms with Gasteiger partial charge in [0.15, 0.2) is 12.9 Å². The lowest BCUT2D eigenvalue weighted by molar-refractivity contribution is -0.133. The minimum Gasteiger partial charge on any atom is -0.483 e. The number of nitrogens with zero attached hydrogens (tertiary/aromatic N) is 3. The zero-order valence-corrected chi connectivity index (χ0v) is 13.3. The number of piperazine rings is 1. The van der Waals surface area contributed by atoms with Crippen LogP contribution in [0.3, 0.4) is 0 Å². The van der Waals surface area contributed by atoms with Crippen molar-refractivity contribution in [3.63, 3.8) is 0 Å². The first kappa shape index (κ1) is 16.0. The molecule has 0 radical (unpaired) electrons. The predicted octanol–water partition coefficient (Wildman–Crippen LogP) is 1.62. The molecule has 24 heavy (non-hydrogen) atoms. The summed E-state index contributed by atoms with van der Waals surface area (Å²) in [5, 5.41) is 0. The number of anilines is 1. The molecule has 1 aromatic heterocycles. The molecule has 0 saturated carbocycles. The second-order valence-corrected chi connectivity index (χ2v) is 5.52. The summed E-state index contributed by atoms with van der Waals surface area (Å²) in [4.78, 5) is 31.3. The van der Waals surface area contributed by atoms with Gasteiger partial charge in [-0.1, -0.05) is 12.1 Å². The van der Waals surface area contributed by atoms with Gasteiger partial charge in [0.2, 0.25) is 0 Å². The molecular weight excluding hydrogens is 306 g/mol. The van der Waals surface area contributed by atoms with Crippen molar-refractivity contribution in [1.29, 1.82) is 0 Å². The lowest BCUT2D eigenvalue weighted by Crippen LogP contribution is -2.50. The first-order chi connectivity index (χ1) is 11.8. The predicted molar refractivity (Wildman–Crippen MR) is 90.4 cm³/mol. The number of aldehydes is 1. The van der Waals surface area contributed by atoms with Gasteiger partial charge >= 0.3 is 0 Å². The summed E-state index contributed by atoms with van der Waals surface area (Å²) in [6, 6.07) is 10.8. The van der Waals surface area contributed by atoms with Crippen molar-refractivity contribution in [2.45, 2.75) is 0 Å². The Labute approximate surface area is 140 Å². The molecular formula is C18H19N3O3. The van der Waals surface area contributed by atoms with Crippen molar-refractivity contribution in [3.05, 3.63) is 54.4 Å². The second-order valence-electron chi connectivity index (χ2n) is 5.52. The molecule has 6 heteroatoms. The van der Waals surface area contributed by atoms with E-state index in [0.717, 1.165) is 25.1 Å². The molecule has 1 saturated heterocycles. The maximum atomic E-state index is 12.3. The lowest BCUT2D eigenvalue weighted by atomic mass is 10.2. The van der Waals surface area contributed by atoms with Gasteiger partial charge in [-0.2, -0.15) is 0 Å². The zero-order valence-electron chi connectivity index (χ0n) is 13.3. The maximum Gasteiger partial charge on any atom is 0.260 e. The van der Waals surface area contributed by atoms with Crippen LogP contribution in [0.15, 0.2) is 48.8 Å². The van der Waals surface area contributed by atoms with Crippen LogP contribution in [0.1, 0.15) is 10.4 Å². The third-order valence-corrected chi connectivity index (χ3v) is 4.06. The maximum absolute atomic E-state index is 12.3. The number of carbonyl (C=O) groups excluding carboxylic acids is 2. The third kappa shape index (κ3) is 3.71. The van der Waals surface area contributed by atoms with Crippen LogP contribution in [-0.2, 0) is 4.79 Å². The van der Waals surface area contributed by atoms with Crippen molar-refractivity contribution in [2.24, 2.45) is 0 Å². The first-order valence-electron chi connectivity index (χ1n) is 7.87. The molecule has 2 heterocycles. The van der Waals surface area contributed by atoms with Gasteiger partial charge in [-0.05, 0) is 24.3 Å². The quantitative estimate of drug-likeness (QED) is 0.782. The molecule has 0 N–H and O–H groups in total. The van der Waals surface area contributed by atoms with Crippen molar-refractivity contribution in [1.82, 2.24) is 9.88 Å². The van der Waals surface area contributed by atoms with Crippen LogP contribution in [-0.4, -0.2) is 54.9 Å². The summed E-state index contributed by atoms with van der Waals surface area (Å²) in [6.07, 6.45) is 4.27. The summed E-state index contributed by atoms with van der Waals surface area (Å²) < 4.78 is 5.51. The molecule has 6 nitrogen and oxygen atoms in total. The molecule has 1 aliphatic heterocycles. The molecule has 1 aromatic carbocycles. The lowest BCUT2D eigenvalue weighted by Gasteiger charge is -2.36. The average Bonchev–Trinajstić information content (AvgIpc) is 2.67. The van der Waals surface area contributed by atoms with Crippen LogP contribution in [0, 0.1) is 0 Å². The highest BCUT2D eigenvalue weighted by Crippen LogP contribution is 2.17. The molecule has 1 aliphatic rings. The Morgan fingerprint density at radius 1 is 1.08 bits per heavy atom. The highest BCUT2D eigenvalue weighted by molar-refractivity contribution is 5.81. The number of para-hydroxylation sites is 1. The number of carbonyl (C=O) groups is 2. The van der Waals surface area contributed by atoms with Gasteiger partial charge in [0.05, 0.1) is 5.56 Å². The topological polar surface area (TPSA) is 62.7 Å². The monoisotopic (exact) mass is 325 g/mol. The van der Waals surface area contributed by atoms with E-state index in [4.69, 9.17) is 4.74 Å². The van der Waals surface area contributed by atoms with Crippen LogP contribution < -0.4 is 9.64 Å². The first-order valence-corrected chi connectivity index (χ1v) is 7.87. The number of rotatable bonds is 5. The molecule has 1 amide bonds. The number of hydrogen-bond acceptors (Lipinski definition) is 5. The Morgan fingerprint density at radius 3 is 2.50 bits per heavy atom. The normalized spacial score (nSPS) is 14.3. The molecule has 1 fully saturated rings. The summed E-state index contributed by atoms with van der Waals surface area (Å²) in [7, 11) is 0. The van der Waals surface area contributed by atoms with E-state index in [1.54, 1.807) is 41.6 Å². The Hall–Kier alpha value is -2.89. The Balaban J connectivity index is 1.51. The van der Waals surface area contributed by atoms with E-state index in [9.17, 15) is 9.59 Å². The molecule has 0 unspecified atom stereocenters. The number of ether oxygens (including phenoxy) is 1. The molecule has 0 spiro atoms. The van der Waals surface area contributed by atoms with E-state index in [2.05, 4.69) is 9.88 Å². The molecule has 2 aromatic rings. The van der Waals surface area contributed by atoms with Crippen molar-refractivity contribution in [3.8, 4) is 5.75 Å². The van der Waals surface area contributed by atoms with Crippen LogP contribution >= 0.6 is 0 Å². The van der Waals surface area contributed by atoms with Crippen LogP contribution in [0.4, 0.5) is 5.69 Å². The second kappa shape index (κ2) is 7.59. The van der Waals surface area contributed by atoms with Crippen molar-refractivity contribution in [2.75, 3.05) is 37.7 Å². The summed E-state index contributed by atoms with van der Waals surface area (Å²) in [5.41, 5.74) is 1.57. The number of benzene rings is 1. The standard InChI is InChI=1S/C18H19N3O3/c22-13-15-3-1-2-4-17(15)24-14-18(23)21-11-9-20(10-12-21)16-5-7-19-8-6-16/h1-8,13H,9-12,14H2. The third-order valence-electron chi connectivity index (χ3n) is 4.06. The smallest absolute Gasteiger partial charge is 0.260 e. The molecule has 124 valence electrons. The summed E-state index contributed by atoms with van der Waals surface area (Å²) >= 11 is 0. The fourth-order valence-electron chi connectivity index (χ4n) is 2.71. The van der Waals surface area contributed by atoms with E-state index in [-0.39, 0.29) is 12.5 Å². The number of pyridine rings is 1. The number of amides is 1. The van der Waals surface area contributed by atoms with E-state index in [1.165, 1.54) is 0 Å². The van der Waals surface area contributed by atoms with Gasteiger partial charge in [0.25, 0.3) is 5.91 Å². The molecule has 0 atom stereocenters. The number of hydrogen-bond donors (Lipinski definition) is 0. The highest BCUT2D eigenvalue weighted by atomic mass is 16.5. The Bertz CT molecular complexity index is 698. The van der Waals surface area contributed by atoms with Gasteiger partial charge in [-0.3, -0.25) is 14.6 Å². The Kier molecular flexibility index (Phi) is 5.05. The van der Waals surface area contributed by atoms with Gasteiger partial charge < -0.3 is 14.5 Å². The fraction of sp³-hybridized carbons (Fsp3) is 0.278. The molecule has 3 rings (SSSR count). The van der Waals surface area contributed by atoms with E-state index in [1.807, 2.05) is 12.1 Å². The van der Waals surface area contributed by atoms with Gasteiger partial charge in [-0.25, -0.2) is 0 Å². The van der Waals surface area contributed by atoms with E-state index < -0.39 is 0 Å². The fourth-order valence-corrected chi connectivity index (χ4v) is 2.71. The van der Waals surface area contributed by atoms with E-state index >= 15 is 0 Å². The van der Waals surface area contributed by atoms with Crippen molar-refractivity contribution >= 4 is 17.9 Å². The van der Waals surface area contributed by atoms with E-state index in [0.29, 0.717) is 24.4 Å². The Morgan fingerprint density at radius 2 is 1.79 bits per heavy atom. The van der Waals surface area contributed by atoms with Crippen LogP contribution in [0.25, 0.3) is 0 Å². The molecule has 0 aliphatic carbocycles. The van der Waals surface area contributed by atoms with Crippen molar-refractivity contribution < 1.29 is 14.3 Å². The van der Waals surface area contributed by atoms with Crippen LogP contribution in [0.2, 0.25) is 0 Å². The summed E-state index contributed by atoms with van der Waals surface area (Å²) in [6.45, 7) is 2.81. The summed E-state index contributed by atoms with van der Waals surface area (Å²) in [5.74, 6) is 0.376. The zero-order chi connectivity index (χ0) is 16.8. The van der Waals surface area contributed by atoms with Crippen LogP contribution in [0.5, 0.6) is 5.75 Å². The molecule has 0 bridgehead atoms. The average molecular weight is 325 g/mol. The highest BCUT2D eigenvalue weighted by Gasteiger charge is 2.21.